The number of nitrogens with zero attached hydrogens (tertiary/aromatic N) is 1. The molecule has 2 aliphatic heterocycles. The van der Waals surface area contributed by atoms with Crippen LogP contribution in [-0.4, -0.2) is 52.8 Å². The molecule has 0 aliphatic carbocycles. The van der Waals surface area contributed by atoms with Crippen molar-refractivity contribution in [2.24, 2.45) is 0 Å². The van der Waals surface area contributed by atoms with E-state index in [2.05, 4.69) is 10.2 Å². The first-order valence-electron chi connectivity index (χ1n) is 7.33. The molecule has 120 valence electrons. The number of amides is 1. The number of aliphatic hydroxyl groups excluding tert-OH is 1. The van der Waals surface area contributed by atoms with Gasteiger partial charge in [-0.05, 0) is 37.4 Å². The number of nitrogens with one attached hydrogen (secondary N) is 1. The van der Waals surface area contributed by atoms with Crippen molar-refractivity contribution in [2.75, 3.05) is 19.7 Å². The summed E-state index contributed by atoms with van der Waals surface area (Å²) in [5.74, 6) is 0.0359. The molecule has 7 heteroatoms. The lowest BCUT2D eigenvalue weighted by molar-refractivity contribution is -0.133. The maximum Gasteiger partial charge on any atom is 0.237 e. The van der Waals surface area contributed by atoms with Crippen LogP contribution >= 0.6 is 23.2 Å². The van der Waals surface area contributed by atoms with Gasteiger partial charge in [0.2, 0.25) is 5.91 Å². The number of carbonyl (C=O) groups excluding carboxylic acids is 1. The molecule has 1 aromatic rings. The summed E-state index contributed by atoms with van der Waals surface area (Å²) in [6, 6.07) is 2.65. The van der Waals surface area contributed by atoms with Crippen LogP contribution in [0.15, 0.2) is 12.1 Å². The smallest absolute Gasteiger partial charge is 0.237 e. The van der Waals surface area contributed by atoms with Crippen molar-refractivity contribution in [3.8, 4) is 5.75 Å². The molecule has 3 atom stereocenters. The normalized spacial score (nSPS) is 29.0. The SMILES string of the molecule is O=C1N[C@H](CO)CN2CC[C@H](c3c(O)ccc(Cl)c3Cl)C[C@H]12. The number of rotatable bonds is 2. The van der Waals surface area contributed by atoms with Crippen molar-refractivity contribution in [1.82, 2.24) is 10.2 Å². The average molecular weight is 345 g/mol. The number of aliphatic hydroxyl groups is 1. The number of aromatic hydroxyl groups is 1. The summed E-state index contributed by atoms with van der Waals surface area (Å²) in [4.78, 5) is 14.3. The second-order valence-corrected chi connectivity index (χ2v) is 6.70. The fourth-order valence-corrected chi connectivity index (χ4v) is 3.92. The summed E-state index contributed by atoms with van der Waals surface area (Å²) in [7, 11) is 0. The molecule has 0 bridgehead atoms. The van der Waals surface area contributed by atoms with E-state index in [4.69, 9.17) is 23.2 Å². The van der Waals surface area contributed by atoms with Crippen molar-refractivity contribution < 1.29 is 15.0 Å². The average Bonchev–Trinajstić information content (AvgIpc) is 2.51. The molecule has 1 aromatic carbocycles. The molecule has 0 unspecified atom stereocenters. The fraction of sp³-hybridized carbons (Fsp3) is 0.533. The summed E-state index contributed by atoms with van der Waals surface area (Å²) in [5, 5.41) is 22.9. The van der Waals surface area contributed by atoms with Gasteiger partial charge >= 0.3 is 0 Å². The number of carbonyl (C=O) groups is 1. The van der Waals surface area contributed by atoms with E-state index in [-0.39, 0.29) is 36.3 Å². The quantitative estimate of drug-likeness (QED) is 0.764. The van der Waals surface area contributed by atoms with Gasteiger partial charge in [-0.15, -0.1) is 0 Å². The highest BCUT2D eigenvalue weighted by Gasteiger charge is 2.40. The predicted octanol–water partition coefficient (Wildman–Crippen LogP) is 1.74. The van der Waals surface area contributed by atoms with Gasteiger partial charge in [0.25, 0.3) is 0 Å². The van der Waals surface area contributed by atoms with Gasteiger partial charge in [0, 0.05) is 12.1 Å². The van der Waals surface area contributed by atoms with Crippen molar-refractivity contribution in [3.63, 3.8) is 0 Å². The first-order valence-corrected chi connectivity index (χ1v) is 8.09. The molecule has 0 saturated carbocycles. The van der Waals surface area contributed by atoms with Gasteiger partial charge in [0.05, 0.1) is 28.7 Å². The minimum Gasteiger partial charge on any atom is -0.508 e. The van der Waals surface area contributed by atoms with Gasteiger partial charge in [-0.2, -0.15) is 0 Å². The van der Waals surface area contributed by atoms with Crippen molar-refractivity contribution in [3.05, 3.63) is 27.7 Å². The van der Waals surface area contributed by atoms with Crippen LogP contribution in [-0.2, 0) is 4.79 Å². The lowest BCUT2D eigenvalue weighted by Gasteiger charge is -2.44. The number of phenolic OH excluding ortho intramolecular Hbond substituents is 1. The van der Waals surface area contributed by atoms with E-state index in [0.29, 0.717) is 28.6 Å². The Hall–Kier alpha value is -1.01. The van der Waals surface area contributed by atoms with Gasteiger partial charge in [0.15, 0.2) is 0 Å². The van der Waals surface area contributed by atoms with E-state index in [1.807, 2.05) is 0 Å². The van der Waals surface area contributed by atoms with Gasteiger partial charge in [-0.3, -0.25) is 9.69 Å². The number of phenols is 1. The van der Waals surface area contributed by atoms with Crippen LogP contribution < -0.4 is 5.32 Å². The predicted molar refractivity (Wildman–Crippen MR) is 84.5 cm³/mol. The standard InChI is InChI=1S/C15H18Cl2N2O3/c16-10-1-2-12(21)13(14(10)17)8-3-4-19-6-9(7-20)18-15(22)11(19)5-8/h1-2,8-9,11,20-21H,3-7H2,(H,18,22)/t8-,9-,11+/m0/s1. The van der Waals surface area contributed by atoms with Crippen LogP contribution in [0.25, 0.3) is 0 Å². The zero-order chi connectivity index (χ0) is 15.9. The Labute approximate surface area is 138 Å². The number of piperidine rings is 1. The van der Waals surface area contributed by atoms with E-state index in [0.717, 1.165) is 13.0 Å². The number of benzene rings is 1. The van der Waals surface area contributed by atoms with Crippen molar-refractivity contribution in [1.29, 1.82) is 0 Å². The highest BCUT2D eigenvalue weighted by atomic mass is 35.5. The molecule has 2 aliphatic rings. The fourth-order valence-electron chi connectivity index (χ4n) is 3.44. The summed E-state index contributed by atoms with van der Waals surface area (Å²) in [6.07, 6.45) is 1.37. The third-order valence-electron chi connectivity index (χ3n) is 4.56. The summed E-state index contributed by atoms with van der Waals surface area (Å²) in [6.45, 7) is 1.32. The number of halogens is 2. The zero-order valence-electron chi connectivity index (χ0n) is 11.9. The minimum absolute atomic E-state index is 0.0103. The second-order valence-electron chi connectivity index (χ2n) is 5.91. The minimum atomic E-state index is -0.254. The molecule has 0 aromatic heterocycles. The lowest BCUT2D eigenvalue weighted by atomic mass is 9.83. The van der Waals surface area contributed by atoms with Crippen LogP contribution in [0.1, 0.15) is 24.3 Å². The molecule has 3 rings (SSSR count). The van der Waals surface area contributed by atoms with Crippen LogP contribution in [0.3, 0.4) is 0 Å². The van der Waals surface area contributed by atoms with Gasteiger partial charge in [-0.1, -0.05) is 23.2 Å². The monoisotopic (exact) mass is 344 g/mol. The molecule has 3 N–H and O–H groups in total. The summed E-state index contributed by atoms with van der Waals surface area (Å²) in [5.41, 5.74) is 0.630. The maximum absolute atomic E-state index is 12.2. The Morgan fingerprint density at radius 1 is 1.36 bits per heavy atom. The lowest BCUT2D eigenvalue weighted by Crippen LogP contribution is -2.62. The number of hydrogen-bond donors (Lipinski definition) is 3. The number of hydrogen-bond acceptors (Lipinski definition) is 4. The second kappa shape index (κ2) is 6.24. The third kappa shape index (κ3) is 2.78. The van der Waals surface area contributed by atoms with Crippen molar-refractivity contribution >= 4 is 29.1 Å². The first kappa shape index (κ1) is 15.9. The van der Waals surface area contributed by atoms with E-state index < -0.39 is 0 Å². The van der Waals surface area contributed by atoms with E-state index in [1.165, 1.54) is 0 Å². The molecular formula is C15H18Cl2N2O3. The van der Waals surface area contributed by atoms with Crippen LogP contribution in [0.5, 0.6) is 5.75 Å². The number of piperazine rings is 1. The molecule has 2 fully saturated rings. The molecule has 5 nitrogen and oxygen atoms in total. The van der Waals surface area contributed by atoms with Crippen molar-refractivity contribution in [2.45, 2.75) is 30.8 Å². The largest absolute Gasteiger partial charge is 0.508 e. The van der Waals surface area contributed by atoms with E-state index >= 15 is 0 Å². The highest BCUT2D eigenvalue weighted by Crippen LogP contribution is 2.43. The molecule has 1 amide bonds. The van der Waals surface area contributed by atoms with Gasteiger partial charge in [-0.25, -0.2) is 0 Å². The van der Waals surface area contributed by atoms with Gasteiger partial charge in [0.1, 0.15) is 5.75 Å². The Balaban J connectivity index is 1.83. The molecule has 2 heterocycles. The Morgan fingerprint density at radius 2 is 2.14 bits per heavy atom. The molecular weight excluding hydrogens is 327 g/mol. The Morgan fingerprint density at radius 3 is 2.86 bits per heavy atom. The third-order valence-corrected chi connectivity index (χ3v) is 5.37. The highest BCUT2D eigenvalue weighted by molar-refractivity contribution is 6.42. The summed E-state index contributed by atoms with van der Waals surface area (Å²) < 4.78 is 0. The Kier molecular flexibility index (Phi) is 4.50. The van der Waals surface area contributed by atoms with E-state index in [9.17, 15) is 15.0 Å². The topological polar surface area (TPSA) is 72.8 Å². The molecule has 0 spiro atoms. The Bertz CT molecular complexity index is 596. The van der Waals surface area contributed by atoms with Gasteiger partial charge < -0.3 is 15.5 Å². The van der Waals surface area contributed by atoms with Crippen LogP contribution in [0.2, 0.25) is 10.0 Å². The summed E-state index contributed by atoms with van der Waals surface area (Å²) >= 11 is 12.3. The molecule has 2 saturated heterocycles. The van der Waals surface area contributed by atoms with Crippen LogP contribution in [0.4, 0.5) is 0 Å². The van der Waals surface area contributed by atoms with E-state index in [1.54, 1.807) is 12.1 Å². The number of fused-ring (bicyclic) bond motifs is 1. The zero-order valence-corrected chi connectivity index (χ0v) is 13.4. The maximum atomic E-state index is 12.2. The molecule has 22 heavy (non-hydrogen) atoms. The molecule has 0 radical (unpaired) electrons. The van der Waals surface area contributed by atoms with Crippen LogP contribution in [0, 0.1) is 0 Å². The first-order chi connectivity index (χ1) is 10.5.